The van der Waals surface area contributed by atoms with Crippen LogP contribution in [-0.2, 0) is 13.0 Å². The molecule has 0 radical (unpaired) electrons. The molecule has 0 aromatic carbocycles. The lowest BCUT2D eigenvalue weighted by molar-refractivity contribution is 0.255. The summed E-state index contributed by atoms with van der Waals surface area (Å²) in [6.07, 6.45) is 3.62. The van der Waals surface area contributed by atoms with E-state index in [1.165, 1.54) is 4.88 Å². The standard InChI is InChI=1S/C13H20N4OS/c1-4-9(2)7-14-12(18)16-13-15-10-5-6-17(3)8-11(10)19-13/h7H,4-6,8H2,1-3H3,(H2,14,15,16,18)/b9-7+. The van der Waals surface area contributed by atoms with Gasteiger partial charge in [-0.05, 0) is 20.4 Å². The zero-order chi connectivity index (χ0) is 13.8. The maximum absolute atomic E-state index is 11.7. The highest BCUT2D eigenvalue weighted by Crippen LogP contribution is 2.27. The molecule has 104 valence electrons. The summed E-state index contributed by atoms with van der Waals surface area (Å²) >= 11 is 1.56. The molecule has 2 rings (SSSR count). The van der Waals surface area contributed by atoms with Crippen molar-refractivity contribution in [2.75, 3.05) is 18.9 Å². The molecule has 6 heteroatoms. The molecule has 0 unspecified atom stereocenters. The van der Waals surface area contributed by atoms with Gasteiger partial charge in [-0.25, -0.2) is 9.78 Å². The zero-order valence-corrected chi connectivity index (χ0v) is 12.4. The number of allylic oxidation sites excluding steroid dienone is 1. The van der Waals surface area contributed by atoms with Gasteiger partial charge in [-0.3, -0.25) is 5.32 Å². The minimum absolute atomic E-state index is 0.229. The monoisotopic (exact) mass is 280 g/mol. The van der Waals surface area contributed by atoms with Crippen molar-refractivity contribution in [1.29, 1.82) is 0 Å². The summed E-state index contributed by atoms with van der Waals surface area (Å²) in [7, 11) is 2.10. The Bertz CT molecular complexity index is 495. The van der Waals surface area contributed by atoms with Crippen molar-refractivity contribution in [3.63, 3.8) is 0 Å². The van der Waals surface area contributed by atoms with Gasteiger partial charge in [0.1, 0.15) is 0 Å². The summed E-state index contributed by atoms with van der Waals surface area (Å²) in [5, 5.41) is 6.18. The van der Waals surface area contributed by atoms with Gasteiger partial charge in [-0.2, -0.15) is 0 Å². The van der Waals surface area contributed by atoms with Crippen molar-refractivity contribution in [3.05, 3.63) is 22.3 Å². The maximum Gasteiger partial charge on any atom is 0.325 e. The third-order valence-corrected chi connectivity index (χ3v) is 4.15. The lowest BCUT2D eigenvalue weighted by atomic mass is 10.2. The number of hydrogen-bond donors (Lipinski definition) is 2. The maximum atomic E-state index is 11.7. The molecule has 2 heterocycles. The number of carbonyl (C=O) groups excluding carboxylic acids is 1. The van der Waals surface area contributed by atoms with E-state index in [0.717, 1.165) is 37.2 Å². The van der Waals surface area contributed by atoms with E-state index in [9.17, 15) is 4.79 Å². The van der Waals surface area contributed by atoms with E-state index in [-0.39, 0.29) is 6.03 Å². The average Bonchev–Trinajstić information content (AvgIpc) is 2.77. The zero-order valence-electron chi connectivity index (χ0n) is 11.6. The fourth-order valence-electron chi connectivity index (χ4n) is 1.80. The Morgan fingerprint density at radius 1 is 1.58 bits per heavy atom. The van der Waals surface area contributed by atoms with E-state index in [0.29, 0.717) is 5.13 Å². The van der Waals surface area contributed by atoms with E-state index in [2.05, 4.69) is 34.5 Å². The fraction of sp³-hybridized carbons (Fsp3) is 0.538. The summed E-state index contributed by atoms with van der Waals surface area (Å²) < 4.78 is 0. The Labute approximate surface area is 117 Å². The number of urea groups is 1. The topological polar surface area (TPSA) is 57.3 Å². The molecule has 1 aromatic rings. The van der Waals surface area contributed by atoms with Crippen LogP contribution in [0.1, 0.15) is 30.8 Å². The summed E-state index contributed by atoms with van der Waals surface area (Å²) in [6, 6.07) is -0.229. The van der Waals surface area contributed by atoms with Crippen LogP contribution in [0.4, 0.5) is 9.93 Å². The molecule has 0 saturated carbocycles. The van der Waals surface area contributed by atoms with Crippen molar-refractivity contribution in [1.82, 2.24) is 15.2 Å². The number of nitrogens with zero attached hydrogens (tertiary/aromatic N) is 2. The molecule has 0 aliphatic carbocycles. The Balaban J connectivity index is 1.95. The van der Waals surface area contributed by atoms with Crippen molar-refractivity contribution >= 4 is 22.5 Å². The first-order chi connectivity index (χ1) is 9.08. The first kappa shape index (κ1) is 14.0. The molecule has 0 fully saturated rings. The highest BCUT2D eigenvalue weighted by atomic mass is 32.1. The second-order valence-electron chi connectivity index (χ2n) is 4.82. The number of thiazole rings is 1. The molecule has 1 aliphatic rings. The number of likely N-dealkylation sites (N-methyl/N-ethyl adjacent to an activating group) is 1. The van der Waals surface area contributed by atoms with Crippen molar-refractivity contribution in [2.45, 2.75) is 33.2 Å². The van der Waals surface area contributed by atoms with Crippen LogP contribution >= 0.6 is 11.3 Å². The number of anilines is 1. The molecule has 2 N–H and O–H groups in total. The van der Waals surface area contributed by atoms with E-state index in [1.807, 2.05) is 6.92 Å². The SMILES string of the molecule is CC/C(C)=C/NC(=O)Nc1nc2c(s1)CN(C)CC2. The Morgan fingerprint density at radius 3 is 3.11 bits per heavy atom. The van der Waals surface area contributed by atoms with E-state index < -0.39 is 0 Å². The van der Waals surface area contributed by atoms with Crippen LogP contribution in [-0.4, -0.2) is 29.5 Å². The summed E-state index contributed by atoms with van der Waals surface area (Å²) in [5.41, 5.74) is 2.26. The molecule has 0 spiro atoms. The van der Waals surface area contributed by atoms with Gasteiger partial charge < -0.3 is 10.2 Å². The molecule has 2 amide bonds. The van der Waals surface area contributed by atoms with Gasteiger partial charge >= 0.3 is 6.03 Å². The van der Waals surface area contributed by atoms with Crippen LogP contribution in [0.15, 0.2) is 11.8 Å². The third-order valence-electron chi connectivity index (χ3n) is 3.15. The molecule has 1 aliphatic heterocycles. The number of rotatable bonds is 3. The number of aromatic nitrogens is 1. The summed E-state index contributed by atoms with van der Waals surface area (Å²) in [4.78, 5) is 19.7. The van der Waals surface area contributed by atoms with Gasteiger partial charge in [0, 0.05) is 30.6 Å². The second kappa shape index (κ2) is 6.16. The van der Waals surface area contributed by atoms with Crippen LogP contribution in [0.5, 0.6) is 0 Å². The highest BCUT2D eigenvalue weighted by Gasteiger charge is 2.18. The number of amides is 2. The smallest absolute Gasteiger partial charge is 0.314 e. The molecule has 0 saturated heterocycles. The molecule has 0 atom stereocenters. The minimum Gasteiger partial charge on any atom is -0.314 e. The Kier molecular flexibility index (Phi) is 4.55. The normalized spacial score (nSPS) is 16.1. The number of nitrogens with one attached hydrogen (secondary N) is 2. The van der Waals surface area contributed by atoms with Crippen LogP contribution in [0.25, 0.3) is 0 Å². The highest BCUT2D eigenvalue weighted by molar-refractivity contribution is 7.15. The van der Waals surface area contributed by atoms with Crippen molar-refractivity contribution in [3.8, 4) is 0 Å². The van der Waals surface area contributed by atoms with Crippen molar-refractivity contribution < 1.29 is 4.79 Å². The number of fused-ring (bicyclic) bond motifs is 1. The third kappa shape index (κ3) is 3.78. The first-order valence-corrected chi connectivity index (χ1v) is 7.30. The van der Waals surface area contributed by atoms with Crippen LogP contribution < -0.4 is 10.6 Å². The van der Waals surface area contributed by atoms with Gasteiger partial charge in [0.25, 0.3) is 0 Å². The van der Waals surface area contributed by atoms with E-state index >= 15 is 0 Å². The number of carbonyl (C=O) groups is 1. The van der Waals surface area contributed by atoms with Crippen LogP contribution in [0.3, 0.4) is 0 Å². The second-order valence-corrected chi connectivity index (χ2v) is 5.90. The largest absolute Gasteiger partial charge is 0.325 e. The molecular weight excluding hydrogens is 260 g/mol. The fourth-order valence-corrected chi connectivity index (χ4v) is 2.88. The van der Waals surface area contributed by atoms with Gasteiger partial charge in [0.2, 0.25) is 0 Å². The Morgan fingerprint density at radius 2 is 2.37 bits per heavy atom. The lowest BCUT2D eigenvalue weighted by Gasteiger charge is -2.20. The first-order valence-electron chi connectivity index (χ1n) is 6.48. The van der Waals surface area contributed by atoms with Crippen LogP contribution in [0, 0.1) is 0 Å². The average molecular weight is 280 g/mol. The molecule has 19 heavy (non-hydrogen) atoms. The lowest BCUT2D eigenvalue weighted by Crippen LogP contribution is -2.25. The molecule has 0 bridgehead atoms. The van der Waals surface area contributed by atoms with Gasteiger partial charge in [-0.1, -0.05) is 12.5 Å². The van der Waals surface area contributed by atoms with Gasteiger partial charge in [-0.15, -0.1) is 11.3 Å². The number of hydrogen-bond acceptors (Lipinski definition) is 4. The minimum atomic E-state index is -0.229. The summed E-state index contributed by atoms with van der Waals surface area (Å²) in [5.74, 6) is 0. The quantitative estimate of drug-likeness (QED) is 0.894. The van der Waals surface area contributed by atoms with Crippen molar-refractivity contribution in [2.24, 2.45) is 0 Å². The van der Waals surface area contributed by atoms with E-state index in [4.69, 9.17) is 0 Å². The predicted molar refractivity (Wildman–Crippen MR) is 78.4 cm³/mol. The van der Waals surface area contributed by atoms with Crippen LogP contribution in [0.2, 0.25) is 0 Å². The van der Waals surface area contributed by atoms with Gasteiger partial charge in [0.15, 0.2) is 5.13 Å². The Hall–Kier alpha value is -1.40. The van der Waals surface area contributed by atoms with E-state index in [1.54, 1.807) is 17.5 Å². The van der Waals surface area contributed by atoms with Gasteiger partial charge in [0.05, 0.1) is 5.69 Å². The summed E-state index contributed by atoms with van der Waals surface area (Å²) in [6.45, 7) is 5.99. The predicted octanol–water partition coefficient (Wildman–Crippen LogP) is 2.57. The molecular formula is C13H20N4OS. The molecule has 1 aromatic heterocycles. The molecule has 5 nitrogen and oxygen atoms in total.